The third-order valence-corrected chi connectivity index (χ3v) is 4.63. The molecule has 0 atom stereocenters. The van der Waals surface area contributed by atoms with E-state index >= 15 is 0 Å². The summed E-state index contributed by atoms with van der Waals surface area (Å²) in [5.74, 6) is 0.00866. The molecule has 0 aliphatic carbocycles. The highest BCUT2D eigenvalue weighted by atomic mass is 19.1. The Labute approximate surface area is 157 Å². The van der Waals surface area contributed by atoms with Gasteiger partial charge in [0.05, 0.1) is 12.3 Å². The number of aromatic nitrogens is 1. The Hall–Kier alpha value is -1.90. The zero-order chi connectivity index (χ0) is 18.6. The molecule has 3 heteroatoms. The number of benzene rings is 1. The third kappa shape index (κ3) is 6.78. The lowest BCUT2D eigenvalue weighted by Gasteiger charge is -2.09. The first-order valence-corrected chi connectivity index (χ1v) is 10.1. The van der Waals surface area contributed by atoms with Crippen LogP contribution in [0, 0.1) is 5.82 Å². The predicted molar refractivity (Wildman–Crippen MR) is 107 cm³/mol. The van der Waals surface area contributed by atoms with Crippen LogP contribution in [0.2, 0.25) is 0 Å². The number of ether oxygens (including phenoxy) is 1. The number of hydrogen-bond acceptors (Lipinski definition) is 2. The molecular weight excluding hydrogens is 325 g/mol. The lowest BCUT2D eigenvalue weighted by Crippen LogP contribution is -1.99. The minimum Gasteiger partial charge on any atom is -0.491 e. The Balaban J connectivity index is 1.88. The topological polar surface area (TPSA) is 22.1 Å². The van der Waals surface area contributed by atoms with Gasteiger partial charge in [0.15, 0.2) is 11.6 Å². The fourth-order valence-corrected chi connectivity index (χ4v) is 2.99. The zero-order valence-corrected chi connectivity index (χ0v) is 16.3. The number of hydrogen-bond donors (Lipinski definition) is 0. The number of unbranched alkanes of at least 4 members (excludes halogenated alkanes) is 6. The van der Waals surface area contributed by atoms with E-state index in [-0.39, 0.29) is 5.82 Å². The molecule has 142 valence electrons. The summed E-state index contributed by atoms with van der Waals surface area (Å²) in [6.07, 6.45) is 12.6. The van der Waals surface area contributed by atoms with Gasteiger partial charge in [-0.15, -0.1) is 0 Å². The van der Waals surface area contributed by atoms with E-state index in [1.54, 1.807) is 6.07 Å². The van der Waals surface area contributed by atoms with Gasteiger partial charge in [-0.3, -0.25) is 4.98 Å². The average Bonchev–Trinajstić information content (AvgIpc) is 2.66. The highest BCUT2D eigenvalue weighted by Crippen LogP contribution is 2.25. The summed E-state index contributed by atoms with van der Waals surface area (Å²) in [5, 5.41) is 0. The van der Waals surface area contributed by atoms with Crippen LogP contribution in [0.3, 0.4) is 0 Å². The molecule has 0 N–H and O–H groups in total. The molecule has 0 amide bonds. The van der Waals surface area contributed by atoms with E-state index in [1.165, 1.54) is 43.7 Å². The van der Waals surface area contributed by atoms with Crippen molar-refractivity contribution in [1.29, 1.82) is 0 Å². The Kier molecular flexibility index (Phi) is 9.16. The van der Waals surface area contributed by atoms with Crippen molar-refractivity contribution in [3.8, 4) is 17.0 Å². The summed E-state index contributed by atoms with van der Waals surface area (Å²) in [5.41, 5.74) is 2.84. The van der Waals surface area contributed by atoms with Crippen LogP contribution in [0.25, 0.3) is 11.3 Å². The van der Waals surface area contributed by atoms with Gasteiger partial charge in [0.1, 0.15) is 0 Å². The van der Waals surface area contributed by atoms with Crippen LogP contribution in [0.15, 0.2) is 36.5 Å². The van der Waals surface area contributed by atoms with Crippen molar-refractivity contribution in [3.63, 3.8) is 0 Å². The highest BCUT2D eigenvalue weighted by Gasteiger charge is 2.07. The Morgan fingerprint density at radius 1 is 0.885 bits per heavy atom. The summed E-state index contributed by atoms with van der Waals surface area (Å²) in [4.78, 5) is 4.51. The van der Waals surface area contributed by atoms with E-state index in [1.807, 2.05) is 18.3 Å². The first-order chi connectivity index (χ1) is 12.7. The molecule has 1 aromatic carbocycles. The number of aryl methyl sites for hydroxylation is 1. The van der Waals surface area contributed by atoms with Crippen molar-refractivity contribution in [1.82, 2.24) is 4.98 Å². The fourth-order valence-electron chi connectivity index (χ4n) is 2.99. The molecular formula is C23H32FNO. The third-order valence-electron chi connectivity index (χ3n) is 4.63. The second-order valence-electron chi connectivity index (χ2n) is 6.92. The molecule has 0 bridgehead atoms. The van der Waals surface area contributed by atoms with Gasteiger partial charge in [-0.25, -0.2) is 4.39 Å². The van der Waals surface area contributed by atoms with Crippen LogP contribution >= 0.6 is 0 Å². The van der Waals surface area contributed by atoms with Crippen LogP contribution < -0.4 is 4.74 Å². The van der Waals surface area contributed by atoms with Crippen LogP contribution in [0.1, 0.15) is 70.8 Å². The average molecular weight is 358 g/mol. The monoisotopic (exact) mass is 357 g/mol. The summed E-state index contributed by atoms with van der Waals surface area (Å²) in [7, 11) is 0. The molecule has 0 spiro atoms. The number of rotatable bonds is 12. The fraction of sp³-hybridized carbons (Fsp3) is 0.522. The summed E-state index contributed by atoms with van der Waals surface area (Å²) >= 11 is 0. The molecule has 0 aliphatic heterocycles. The van der Waals surface area contributed by atoms with Crippen molar-refractivity contribution in [3.05, 3.63) is 47.9 Å². The Bertz CT molecular complexity index is 639. The van der Waals surface area contributed by atoms with Gasteiger partial charge in [0, 0.05) is 11.8 Å². The number of halogens is 1. The summed E-state index contributed by atoms with van der Waals surface area (Å²) in [6.45, 7) is 4.94. The summed E-state index contributed by atoms with van der Waals surface area (Å²) in [6, 6.07) is 9.19. The second-order valence-corrected chi connectivity index (χ2v) is 6.92. The van der Waals surface area contributed by atoms with Crippen molar-refractivity contribution < 1.29 is 9.13 Å². The molecule has 0 fully saturated rings. The van der Waals surface area contributed by atoms with Crippen LogP contribution in [-0.4, -0.2) is 11.6 Å². The van der Waals surface area contributed by atoms with Gasteiger partial charge >= 0.3 is 0 Å². The molecule has 1 aromatic heterocycles. The normalized spacial score (nSPS) is 10.9. The molecule has 26 heavy (non-hydrogen) atoms. The van der Waals surface area contributed by atoms with Gasteiger partial charge in [-0.1, -0.05) is 58.4 Å². The molecule has 1 heterocycles. The van der Waals surface area contributed by atoms with E-state index in [2.05, 4.69) is 24.9 Å². The summed E-state index contributed by atoms with van der Waals surface area (Å²) < 4.78 is 19.8. The first-order valence-electron chi connectivity index (χ1n) is 10.1. The lowest BCUT2D eigenvalue weighted by molar-refractivity contribution is 0.291. The Morgan fingerprint density at radius 2 is 1.65 bits per heavy atom. The minimum atomic E-state index is -0.319. The molecule has 0 saturated carbocycles. The quantitative estimate of drug-likeness (QED) is 0.383. The smallest absolute Gasteiger partial charge is 0.165 e. The van der Waals surface area contributed by atoms with Crippen LogP contribution in [0.4, 0.5) is 4.39 Å². The lowest BCUT2D eigenvalue weighted by atomic mass is 10.1. The highest BCUT2D eigenvalue weighted by molar-refractivity contribution is 5.60. The van der Waals surface area contributed by atoms with Gasteiger partial charge in [-0.2, -0.15) is 0 Å². The van der Waals surface area contributed by atoms with Crippen molar-refractivity contribution in [2.75, 3.05) is 6.61 Å². The first kappa shape index (κ1) is 20.4. The van der Waals surface area contributed by atoms with Gasteiger partial charge < -0.3 is 4.74 Å². The van der Waals surface area contributed by atoms with Gasteiger partial charge in [0.25, 0.3) is 0 Å². The van der Waals surface area contributed by atoms with Crippen LogP contribution in [0.5, 0.6) is 5.75 Å². The minimum absolute atomic E-state index is 0.319. The van der Waals surface area contributed by atoms with Gasteiger partial charge in [-0.05, 0) is 49.1 Å². The molecule has 0 unspecified atom stereocenters. The number of pyridine rings is 1. The Morgan fingerprint density at radius 3 is 2.35 bits per heavy atom. The van der Waals surface area contributed by atoms with E-state index in [0.717, 1.165) is 36.9 Å². The molecule has 2 aromatic rings. The van der Waals surface area contributed by atoms with Crippen molar-refractivity contribution in [2.24, 2.45) is 0 Å². The van der Waals surface area contributed by atoms with E-state index in [0.29, 0.717) is 12.4 Å². The molecule has 0 aliphatic rings. The maximum Gasteiger partial charge on any atom is 0.165 e. The SMILES string of the molecule is CCCCCCCc1ccc(-c2ccc(OCCCCC)c(F)c2)nc1. The maximum atomic E-state index is 14.2. The molecule has 0 saturated heterocycles. The molecule has 2 nitrogen and oxygen atoms in total. The van der Waals surface area contributed by atoms with E-state index < -0.39 is 0 Å². The van der Waals surface area contributed by atoms with E-state index in [9.17, 15) is 4.39 Å². The molecule has 2 rings (SSSR count). The maximum absolute atomic E-state index is 14.2. The zero-order valence-electron chi connectivity index (χ0n) is 16.3. The predicted octanol–water partition coefficient (Wildman–Crippen LogP) is 6.97. The number of nitrogens with zero attached hydrogens (tertiary/aromatic N) is 1. The standard InChI is InChI=1S/C23H32FNO/c1-3-5-7-8-9-11-19-12-14-22(25-18-19)20-13-15-23(21(24)17-20)26-16-10-6-4-2/h12-15,17-18H,3-11,16H2,1-2H3. The molecule has 0 radical (unpaired) electrons. The van der Waals surface area contributed by atoms with Crippen LogP contribution in [-0.2, 0) is 6.42 Å². The van der Waals surface area contributed by atoms with Gasteiger partial charge in [0.2, 0.25) is 0 Å². The van der Waals surface area contributed by atoms with E-state index in [4.69, 9.17) is 4.74 Å². The largest absolute Gasteiger partial charge is 0.491 e. The second kappa shape index (κ2) is 11.7. The van der Waals surface area contributed by atoms with Crippen molar-refractivity contribution >= 4 is 0 Å². The van der Waals surface area contributed by atoms with Crippen molar-refractivity contribution in [2.45, 2.75) is 71.6 Å².